The van der Waals surface area contributed by atoms with E-state index in [2.05, 4.69) is 4.98 Å². The van der Waals surface area contributed by atoms with Crippen molar-refractivity contribution in [1.82, 2.24) is 4.98 Å². The van der Waals surface area contributed by atoms with Gasteiger partial charge in [0.25, 0.3) is 11.7 Å². The highest BCUT2D eigenvalue weighted by molar-refractivity contribution is 6.52. The number of aliphatic hydroxyl groups excluding tert-OH is 1. The van der Waals surface area contributed by atoms with Crippen LogP contribution in [-0.4, -0.2) is 28.9 Å². The summed E-state index contributed by atoms with van der Waals surface area (Å²) in [5, 5.41) is 12.1. The Morgan fingerprint density at radius 2 is 1.82 bits per heavy atom. The first-order chi connectivity index (χ1) is 15.8. The third-order valence-corrected chi connectivity index (χ3v) is 6.29. The number of anilines is 1. The molecule has 3 aromatic rings. The molecule has 1 aromatic heterocycles. The highest BCUT2D eigenvalue weighted by Gasteiger charge is 2.48. The summed E-state index contributed by atoms with van der Waals surface area (Å²) in [5.41, 5.74) is 1.32. The number of pyridine rings is 1. The lowest BCUT2D eigenvalue weighted by Crippen LogP contribution is -2.30. The molecular weight excluding hydrogens is 487 g/mol. The highest BCUT2D eigenvalue weighted by Crippen LogP contribution is 2.45. The number of ketones is 1. The van der Waals surface area contributed by atoms with Crippen molar-refractivity contribution < 1.29 is 19.4 Å². The van der Waals surface area contributed by atoms with Crippen LogP contribution in [0.1, 0.15) is 22.9 Å². The fraction of sp³-hybridized carbons (Fsp3) is 0.125. The molecule has 1 amide bonds. The number of nitrogens with zero attached hydrogens (tertiary/aromatic N) is 2. The Bertz CT molecular complexity index is 1310. The van der Waals surface area contributed by atoms with Crippen molar-refractivity contribution in [2.45, 2.75) is 13.0 Å². The molecule has 1 aliphatic rings. The molecule has 168 valence electrons. The molecule has 0 radical (unpaired) electrons. The molecule has 0 spiro atoms. The van der Waals surface area contributed by atoms with Gasteiger partial charge in [0.15, 0.2) is 0 Å². The molecule has 2 heterocycles. The van der Waals surface area contributed by atoms with E-state index in [9.17, 15) is 14.7 Å². The maximum atomic E-state index is 13.3. The monoisotopic (exact) mass is 502 g/mol. The van der Waals surface area contributed by atoms with Crippen LogP contribution in [-0.2, 0) is 9.59 Å². The zero-order chi connectivity index (χ0) is 23.9. The summed E-state index contributed by atoms with van der Waals surface area (Å²) in [6, 6.07) is 12.0. The number of rotatable bonds is 4. The van der Waals surface area contributed by atoms with Crippen molar-refractivity contribution in [2.75, 3.05) is 12.0 Å². The smallest absolute Gasteiger partial charge is 0.300 e. The van der Waals surface area contributed by atoms with Crippen molar-refractivity contribution in [2.24, 2.45) is 0 Å². The molecule has 9 heteroatoms. The van der Waals surface area contributed by atoms with Gasteiger partial charge in [-0.05, 0) is 48.9 Å². The molecule has 0 bridgehead atoms. The third-order valence-electron chi connectivity index (χ3n) is 5.38. The standard InChI is InChI=1S/C24H17Cl3N2O4/c1-12-15(26)6-5-8-18(12)29-20(17-7-3-4-9-28-17)19(22(31)24(29)32)21(30)14-10-13(25)11-16(27)23(14)33-2/h3-11,20,30H,1-2H3/b21-19+. The van der Waals surface area contributed by atoms with Crippen LogP contribution < -0.4 is 9.64 Å². The van der Waals surface area contributed by atoms with E-state index in [0.717, 1.165) is 0 Å². The van der Waals surface area contributed by atoms with Crippen LogP contribution in [0, 0.1) is 6.92 Å². The van der Waals surface area contributed by atoms with E-state index in [-0.39, 0.29) is 26.9 Å². The molecule has 1 aliphatic heterocycles. The number of ether oxygens (including phenoxy) is 1. The largest absolute Gasteiger partial charge is 0.507 e. The second kappa shape index (κ2) is 9.06. The number of carbonyl (C=O) groups excluding carboxylic acids is 2. The minimum absolute atomic E-state index is 0.0803. The molecule has 33 heavy (non-hydrogen) atoms. The number of aliphatic hydroxyl groups is 1. The van der Waals surface area contributed by atoms with E-state index in [1.54, 1.807) is 43.3 Å². The van der Waals surface area contributed by atoms with Gasteiger partial charge in [0.05, 0.1) is 29.0 Å². The zero-order valence-electron chi connectivity index (χ0n) is 17.5. The average Bonchev–Trinajstić information content (AvgIpc) is 3.06. The summed E-state index contributed by atoms with van der Waals surface area (Å²) in [6.45, 7) is 1.74. The van der Waals surface area contributed by atoms with Gasteiger partial charge in [-0.2, -0.15) is 0 Å². The van der Waals surface area contributed by atoms with Gasteiger partial charge in [-0.1, -0.05) is 46.9 Å². The Kier molecular flexibility index (Phi) is 6.34. The summed E-state index contributed by atoms with van der Waals surface area (Å²) in [4.78, 5) is 32.2. The number of halogens is 3. The molecular formula is C24H17Cl3N2O4. The molecule has 0 saturated carbocycles. The predicted molar refractivity (Wildman–Crippen MR) is 128 cm³/mol. The fourth-order valence-electron chi connectivity index (χ4n) is 3.84. The van der Waals surface area contributed by atoms with Crippen LogP contribution in [0.25, 0.3) is 5.76 Å². The van der Waals surface area contributed by atoms with Crippen LogP contribution >= 0.6 is 34.8 Å². The van der Waals surface area contributed by atoms with Gasteiger partial charge in [0, 0.05) is 21.9 Å². The summed E-state index contributed by atoms with van der Waals surface area (Å²) >= 11 is 18.7. The van der Waals surface area contributed by atoms with E-state index in [1.807, 2.05) is 0 Å². The maximum Gasteiger partial charge on any atom is 0.300 e. The topological polar surface area (TPSA) is 79.7 Å². The van der Waals surface area contributed by atoms with Gasteiger partial charge in [0.1, 0.15) is 17.6 Å². The van der Waals surface area contributed by atoms with Crippen LogP contribution in [0.3, 0.4) is 0 Å². The molecule has 1 fully saturated rings. The first-order valence-electron chi connectivity index (χ1n) is 9.76. The number of Topliss-reactive ketones (excluding diaryl/α,β-unsaturated/α-hetero) is 1. The van der Waals surface area contributed by atoms with Gasteiger partial charge in [-0.25, -0.2) is 0 Å². The lowest BCUT2D eigenvalue weighted by atomic mass is 9.97. The van der Waals surface area contributed by atoms with E-state index in [4.69, 9.17) is 39.5 Å². The number of benzene rings is 2. The Morgan fingerprint density at radius 3 is 2.48 bits per heavy atom. The zero-order valence-corrected chi connectivity index (χ0v) is 19.7. The Morgan fingerprint density at radius 1 is 1.06 bits per heavy atom. The number of aromatic nitrogens is 1. The molecule has 4 rings (SSSR count). The summed E-state index contributed by atoms with van der Waals surface area (Å²) < 4.78 is 5.33. The Balaban J connectivity index is 2.03. The summed E-state index contributed by atoms with van der Waals surface area (Å²) in [5.74, 6) is -2.08. The minimum atomic E-state index is -1.02. The second-order valence-electron chi connectivity index (χ2n) is 7.28. The number of amides is 1. The molecule has 6 nitrogen and oxygen atoms in total. The molecule has 1 N–H and O–H groups in total. The van der Waals surface area contributed by atoms with Crippen molar-refractivity contribution in [1.29, 1.82) is 0 Å². The van der Waals surface area contributed by atoms with Crippen molar-refractivity contribution in [3.63, 3.8) is 0 Å². The van der Waals surface area contributed by atoms with Crippen LogP contribution in [0.4, 0.5) is 5.69 Å². The van der Waals surface area contributed by atoms with Crippen LogP contribution in [0.15, 0.2) is 60.3 Å². The van der Waals surface area contributed by atoms with Gasteiger partial charge in [-0.15, -0.1) is 0 Å². The van der Waals surface area contributed by atoms with Crippen molar-refractivity contribution in [3.05, 3.63) is 92.2 Å². The lowest BCUT2D eigenvalue weighted by Gasteiger charge is -2.26. The molecule has 1 unspecified atom stereocenters. The van der Waals surface area contributed by atoms with Crippen LogP contribution in [0.5, 0.6) is 5.75 Å². The van der Waals surface area contributed by atoms with Crippen molar-refractivity contribution >= 4 is 57.9 Å². The van der Waals surface area contributed by atoms with E-state index >= 15 is 0 Å². The van der Waals surface area contributed by atoms with Crippen molar-refractivity contribution in [3.8, 4) is 5.75 Å². The first-order valence-corrected chi connectivity index (χ1v) is 10.9. The van der Waals surface area contributed by atoms with Gasteiger partial charge in [-0.3, -0.25) is 19.5 Å². The van der Waals surface area contributed by atoms with Crippen LogP contribution in [0.2, 0.25) is 15.1 Å². The Labute approximate surface area is 205 Å². The maximum absolute atomic E-state index is 13.3. The molecule has 1 saturated heterocycles. The van der Waals surface area contributed by atoms with E-state index in [1.165, 1.54) is 30.3 Å². The van der Waals surface area contributed by atoms with E-state index < -0.39 is 23.5 Å². The third kappa shape index (κ3) is 3.95. The molecule has 1 atom stereocenters. The van der Waals surface area contributed by atoms with Gasteiger partial charge >= 0.3 is 0 Å². The fourth-order valence-corrected chi connectivity index (χ4v) is 4.58. The normalized spacial score (nSPS) is 17.5. The SMILES string of the molecule is COc1c(Cl)cc(Cl)cc1/C(O)=C1\C(=O)C(=O)N(c2cccc(Cl)c2C)C1c1ccccn1. The summed E-state index contributed by atoms with van der Waals surface area (Å²) in [7, 11) is 1.37. The summed E-state index contributed by atoms with van der Waals surface area (Å²) in [6.07, 6.45) is 1.54. The van der Waals surface area contributed by atoms with Gasteiger partial charge in [0.2, 0.25) is 0 Å². The quantitative estimate of drug-likeness (QED) is 0.269. The van der Waals surface area contributed by atoms with Gasteiger partial charge < -0.3 is 9.84 Å². The average molecular weight is 504 g/mol. The lowest BCUT2D eigenvalue weighted by molar-refractivity contribution is -0.132. The number of carbonyl (C=O) groups is 2. The minimum Gasteiger partial charge on any atom is -0.507 e. The molecule has 0 aliphatic carbocycles. The second-order valence-corrected chi connectivity index (χ2v) is 8.53. The first kappa shape index (κ1) is 23.1. The Hall–Kier alpha value is -3.06. The number of hydrogen-bond acceptors (Lipinski definition) is 5. The number of hydrogen-bond donors (Lipinski definition) is 1. The molecule has 2 aromatic carbocycles. The van der Waals surface area contributed by atoms with E-state index in [0.29, 0.717) is 22.0 Å². The predicted octanol–water partition coefficient (Wildman–Crippen LogP) is 5.99. The highest BCUT2D eigenvalue weighted by atomic mass is 35.5. The number of methoxy groups -OCH3 is 1.